The van der Waals surface area contributed by atoms with Gasteiger partial charge in [0.05, 0.1) is 6.04 Å². The standard InChI is InChI=1S/C17H19N3/c1-12(20-13(2)17-18-10-11-19-17)15-9-5-7-14-6-3-4-8-16(14)15/h3-13,20H,1-2H3,(H,18,19). The van der Waals surface area contributed by atoms with E-state index in [1.54, 1.807) is 6.20 Å². The van der Waals surface area contributed by atoms with Crippen molar-refractivity contribution in [2.24, 2.45) is 0 Å². The van der Waals surface area contributed by atoms with E-state index in [1.165, 1.54) is 16.3 Å². The largest absolute Gasteiger partial charge is 0.347 e. The van der Waals surface area contributed by atoms with Crippen LogP contribution in [0.15, 0.2) is 54.9 Å². The predicted octanol–water partition coefficient (Wildman–Crippen LogP) is 3.97. The lowest BCUT2D eigenvalue weighted by Gasteiger charge is -2.20. The molecule has 2 atom stereocenters. The van der Waals surface area contributed by atoms with Gasteiger partial charge in [-0.3, -0.25) is 0 Å². The lowest BCUT2D eigenvalue weighted by Crippen LogP contribution is -2.23. The summed E-state index contributed by atoms with van der Waals surface area (Å²) in [5.74, 6) is 0.970. The fourth-order valence-corrected chi connectivity index (χ4v) is 2.69. The first-order chi connectivity index (χ1) is 9.75. The smallest absolute Gasteiger partial charge is 0.122 e. The molecule has 0 bridgehead atoms. The van der Waals surface area contributed by atoms with Gasteiger partial charge in [-0.2, -0.15) is 0 Å². The highest BCUT2D eigenvalue weighted by atomic mass is 15.0. The van der Waals surface area contributed by atoms with Gasteiger partial charge in [0.25, 0.3) is 0 Å². The summed E-state index contributed by atoms with van der Waals surface area (Å²) >= 11 is 0. The zero-order chi connectivity index (χ0) is 13.9. The molecule has 0 saturated heterocycles. The van der Waals surface area contributed by atoms with Crippen LogP contribution in [-0.2, 0) is 0 Å². The predicted molar refractivity (Wildman–Crippen MR) is 82.5 cm³/mol. The van der Waals surface area contributed by atoms with E-state index < -0.39 is 0 Å². The highest BCUT2D eigenvalue weighted by Gasteiger charge is 2.14. The third-order valence-electron chi connectivity index (χ3n) is 3.72. The van der Waals surface area contributed by atoms with Crippen molar-refractivity contribution in [3.8, 4) is 0 Å². The van der Waals surface area contributed by atoms with Gasteiger partial charge >= 0.3 is 0 Å². The number of aromatic amines is 1. The van der Waals surface area contributed by atoms with Crippen LogP contribution in [0.4, 0.5) is 0 Å². The number of imidazole rings is 1. The maximum atomic E-state index is 4.31. The molecule has 0 amide bonds. The van der Waals surface area contributed by atoms with Crippen LogP contribution in [0.5, 0.6) is 0 Å². The number of hydrogen-bond donors (Lipinski definition) is 2. The fraction of sp³-hybridized carbons (Fsp3) is 0.235. The molecular weight excluding hydrogens is 246 g/mol. The Bertz CT molecular complexity index is 683. The molecule has 2 N–H and O–H groups in total. The van der Waals surface area contributed by atoms with E-state index in [0.29, 0.717) is 0 Å². The zero-order valence-electron chi connectivity index (χ0n) is 11.8. The minimum atomic E-state index is 0.193. The third-order valence-corrected chi connectivity index (χ3v) is 3.72. The Hall–Kier alpha value is -2.13. The molecule has 0 aliphatic rings. The van der Waals surface area contributed by atoms with E-state index in [0.717, 1.165) is 5.82 Å². The first kappa shape index (κ1) is 12.9. The Labute approximate surface area is 119 Å². The lowest BCUT2D eigenvalue weighted by molar-refractivity contribution is 0.481. The average molecular weight is 265 g/mol. The van der Waals surface area contributed by atoms with E-state index in [-0.39, 0.29) is 12.1 Å². The zero-order valence-corrected chi connectivity index (χ0v) is 11.8. The second kappa shape index (κ2) is 5.47. The van der Waals surface area contributed by atoms with Gasteiger partial charge in [-0.05, 0) is 30.2 Å². The van der Waals surface area contributed by atoms with Gasteiger partial charge < -0.3 is 10.3 Å². The summed E-state index contributed by atoms with van der Waals surface area (Å²) < 4.78 is 0. The van der Waals surface area contributed by atoms with Gasteiger partial charge in [-0.25, -0.2) is 4.98 Å². The summed E-state index contributed by atoms with van der Waals surface area (Å²) in [6.45, 7) is 4.32. The molecule has 3 rings (SSSR count). The summed E-state index contributed by atoms with van der Waals surface area (Å²) in [4.78, 5) is 7.46. The molecule has 1 aromatic heterocycles. The fourth-order valence-electron chi connectivity index (χ4n) is 2.69. The molecular formula is C17H19N3. The molecule has 0 spiro atoms. The quantitative estimate of drug-likeness (QED) is 0.749. The summed E-state index contributed by atoms with van der Waals surface area (Å²) in [6, 6.07) is 15.4. The first-order valence-corrected chi connectivity index (χ1v) is 6.98. The molecule has 2 aromatic carbocycles. The van der Waals surface area contributed by atoms with Crippen LogP contribution in [0.2, 0.25) is 0 Å². The molecule has 0 aliphatic heterocycles. The molecule has 3 aromatic rings. The number of fused-ring (bicyclic) bond motifs is 1. The highest BCUT2D eigenvalue weighted by molar-refractivity contribution is 5.86. The van der Waals surface area contributed by atoms with E-state index in [1.807, 2.05) is 6.20 Å². The minimum absolute atomic E-state index is 0.193. The monoisotopic (exact) mass is 265 g/mol. The van der Waals surface area contributed by atoms with Crippen LogP contribution >= 0.6 is 0 Å². The molecule has 0 saturated carbocycles. The van der Waals surface area contributed by atoms with Gasteiger partial charge in [-0.15, -0.1) is 0 Å². The van der Waals surface area contributed by atoms with E-state index in [2.05, 4.69) is 71.6 Å². The van der Waals surface area contributed by atoms with Crippen LogP contribution in [0.3, 0.4) is 0 Å². The Morgan fingerprint density at radius 3 is 2.60 bits per heavy atom. The molecule has 20 heavy (non-hydrogen) atoms. The lowest BCUT2D eigenvalue weighted by atomic mass is 9.99. The van der Waals surface area contributed by atoms with Crippen LogP contribution in [0.25, 0.3) is 10.8 Å². The molecule has 3 nitrogen and oxygen atoms in total. The van der Waals surface area contributed by atoms with Crippen LogP contribution in [0, 0.1) is 0 Å². The molecule has 0 fully saturated rings. The number of nitrogens with one attached hydrogen (secondary N) is 2. The van der Waals surface area contributed by atoms with Crippen molar-refractivity contribution < 1.29 is 0 Å². The normalized spacial score (nSPS) is 14.3. The Morgan fingerprint density at radius 2 is 1.80 bits per heavy atom. The van der Waals surface area contributed by atoms with Crippen molar-refractivity contribution in [2.75, 3.05) is 0 Å². The molecule has 0 aliphatic carbocycles. The maximum absolute atomic E-state index is 4.31. The Balaban J connectivity index is 1.87. The van der Waals surface area contributed by atoms with E-state index in [4.69, 9.17) is 0 Å². The summed E-state index contributed by atoms with van der Waals surface area (Å²) in [6.07, 6.45) is 3.65. The third kappa shape index (κ3) is 2.45. The SMILES string of the molecule is CC(NC(C)c1cccc2ccccc12)c1ncc[nH]1. The average Bonchev–Trinajstić information content (AvgIpc) is 3.01. The van der Waals surface area contributed by atoms with Crippen molar-refractivity contribution in [2.45, 2.75) is 25.9 Å². The minimum Gasteiger partial charge on any atom is -0.347 e. The van der Waals surface area contributed by atoms with Crippen LogP contribution in [-0.4, -0.2) is 9.97 Å². The van der Waals surface area contributed by atoms with Gasteiger partial charge in [0, 0.05) is 18.4 Å². The van der Waals surface area contributed by atoms with E-state index in [9.17, 15) is 0 Å². The number of hydrogen-bond acceptors (Lipinski definition) is 2. The molecule has 3 heteroatoms. The van der Waals surface area contributed by atoms with Crippen LogP contribution < -0.4 is 5.32 Å². The Morgan fingerprint density at radius 1 is 1.00 bits per heavy atom. The van der Waals surface area contributed by atoms with Crippen molar-refractivity contribution in [3.63, 3.8) is 0 Å². The van der Waals surface area contributed by atoms with Gasteiger partial charge in [0.2, 0.25) is 0 Å². The van der Waals surface area contributed by atoms with Gasteiger partial charge in [0.15, 0.2) is 0 Å². The maximum Gasteiger partial charge on any atom is 0.122 e. The second-order valence-electron chi connectivity index (χ2n) is 5.15. The van der Waals surface area contributed by atoms with Gasteiger partial charge in [0.1, 0.15) is 5.82 Å². The molecule has 2 unspecified atom stereocenters. The highest BCUT2D eigenvalue weighted by Crippen LogP contribution is 2.25. The second-order valence-corrected chi connectivity index (χ2v) is 5.15. The molecule has 1 heterocycles. The van der Waals surface area contributed by atoms with Crippen molar-refractivity contribution >= 4 is 10.8 Å². The topological polar surface area (TPSA) is 40.7 Å². The van der Waals surface area contributed by atoms with Gasteiger partial charge in [-0.1, -0.05) is 42.5 Å². The van der Waals surface area contributed by atoms with Crippen molar-refractivity contribution in [1.82, 2.24) is 15.3 Å². The number of nitrogens with zero attached hydrogens (tertiary/aromatic N) is 1. The Kier molecular flexibility index (Phi) is 3.52. The summed E-state index contributed by atoms with van der Waals surface area (Å²) in [5, 5.41) is 6.19. The first-order valence-electron chi connectivity index (χ1n) is 6.98. The number of benzene rings is 2. The van der Waals surface area contributed by atoms with Crippen LogP contribution in [0.1, 0.15) is 37.3 Å². The van der Waals surface area contributed by atoms with Crippen molar-refractivity contribution in [1.29, 1.82) is 0 Å². The summed E-state index contributed by atoms with van der Waals surface area (Å²) in [7, 11) is 0. The van der Waals surface area contributed by atoms with E-state index >= 15 is 0 Å². The number of H-pyrrole nitrogens is 1. The number of rotatable bonds is 4. The molecule has 0 radical (unpaired) electrons. The van der Waals surface area contributed by atoms with Crippen molar-refractivity contribution in [3.05, 3.63) is 66.2 Å². The molecule has 102 valence electrons. The summed E-state index contributed by atoms with van der Waals surface area (Å²) in [5.41, 5.74) is 1.32. The number of aromatic nitrogens is 2.